The molecule has 0 unspecified atom stereocenters. The molecule has 1 aliphatic rings. The summed E-state index contributed by atoms with van der Waals surface area (Å²) in [6.45, 7) is 3.25. The molecular formula is C9H13NO2S. The van der Waals surface area contributed by atoms with Crippen LogP contribution < -0.4 is 0 Å². The highest BCUT2D eigenvalue weighted by Gasteiger charge is 2.33. The number of nitrogens with zero attached hydrogens (tertiary/aromatic N) is 1. The van der Waals surface area contributed by atoms with Crippen LogP contribution in [0.1, 0.15) is 22.7 Å². The van der Waals surface area contributed by atoms with Crippen LogP contribution in [-0.2, 0) is 10.3 Å². The van der Waals surface area contributed by atoms with Crippen LogP contribution in [0.3, 0.4) is 0 Å². The lowest BCUT2D eigenvalue weighted by Crippen LogP contribution is -2.32. The minimum Gasteiger partial charge on any atom is -0.384 e. The van der Waals surface area contributed by atoms with Crippen LogP contribution in [0.5, 0.6) is 0 Å². The second-order valence-corrected chi connectivity index (χ2v) is 4.62. The third-order valence-corrected chi connectivity index (χ3v) is 3.51. The van der Waals surface area contributed by atoms with Crippen LogP contribution in [0.4, 0.5) is 0 Å². The van der Waals surface area contributed by atoms with Gasteiger partial charge in [0.25, 0.3) is 0 Å². The normalized spacial score (nSPS) is 21.7. The van der Waals surface area contributed by atoms with Crippen molar-refractivity contribution in [3.8, 4) is 0 Å². The van der Waals surface area contributed by atoms with E-state index in [-0.39, 0.29) is 0 Å². The summed E-state index contributed by atoms with van der Waals surface area (Å²) in [5.41, 5.74) is -0.676. The van der Waals surface area contributed by atoms with Crippen molar-refractivity contribution in [2.24, 2.45) is 0 Å². The van der Waals surface area contributed by atoms with E-state index in [0.717, 1.165) is 9.88 Å². The van der Waals surface area contributed by atoms with E-state index >= 15 is 0 Å². The minimum absolute atomic E-state index is 0.646. The molecule has 3 nitrogen and oxygen atoms in total. The van der Waals surface area contributed by atoms with Gasteiger partial charge in [-0.25, -0.2) is 4.98 Å². The highest BCUT2D eigenvalue weighted by atomic mass is 32.1. The Kier molecular flexibility index (Phi) is 2.36. The molecule has 0 spiro atoms. The van der Waals surface area contributed by atoms with Crippen molar-refractivity contribution in [3.63, 3.8) is 0 Å². The van der Waals surface area contributed by atoms with E-state index in [1.54, 1.807) is 17.5 Å². The average molecular weight is 199 g/mol. The van der Waals surface area contributed by atoms with E-state index in [1.165, 1.54) is 0 Å². The molecule has 1 aromatic rings. The van der Waals surface area contributed by atoms with Crippen molar-refractivity contribution in [3.05, 3.63) is 16.1 Å². The standard InChI is InChI=1S/C9H13NO2S/c1-7-10-6-8(13-7)9(11)2-4-12-5-3-9/h6,11H,2-5H2,1H3. The number of hydrogen-bond donors (Lipinski definition) is 1. The second-order valence-electron chi connectivity index (χ2n) is 3.39. The molecule has 1 fully saturated rings. The molecule has 13 heavy (non-hydrogen) atoms. The first-order valence-electron chi connectivity index (χ1n) is 4.44. The Morgan fingerprint density at radius 3 is 2.77 bits per heavy atom. The zero-order valence-corrected chi connectivity index (χ0v) is 8.43. The predicted octanol–water partition coefficient (Wildman–Crippen LogP) is 1.45. The van der Waals surface area contributed by atoms with Gasteiger partial charge in [0.1, 0.15) is 5.60 Å². The monoisotopic (exact) mass is 199 g/mol. The Morgan fingerprint density at radius 1 is 1.54 bits per heavy atom. The molecule has 1 saturated heterocycles. The first-order valence-corrected chi connectivity index (χ1v) is 5.25. The van der Waals surface area contributed by atoms with Gasteiger partial charge in [-0.15, -0.1) is 11.3 Å². The maximum Gasteiger partial charge on any atom is 0.105 e. The molecule has 0 radical (unpaired) electrons. The van der Waals surface area contributed by atoms with Crippen molar-refractivity contribution in [1.82, 2.24) is 4.98 Å². The van der Waals surface area contributed by atoms with E-state index in [9.17, 15) is 5.11 Å². The molecule has 4 heteroatoms. The van der Waals surface area contributed by atoms with E-state index in [4.69, 9.17) is 4.74 Å². The van der Waals surface area contributed by atoms with Crippen LogP contribution in [0.2, 0.25) is 0 Å². The van der Waals surface area contributed by atoms with Crippen molar-refractivity contribution in [2.75, 3.05) is 13.2 Å². The average Bonchev–Trinajstić information content (AvgIpc) is 2.54. The van der Waals surface area contributed by atoms with Gasteiger partial charge in [-0.2, -0.15) is 0 Å². The van der Waals surface area contributed by atoms with Crippen molar-refractivity contribution in [1.29, 1.82) is 0 Å². The Labute approximate surface area is 81.4 Å². The van der Waals surface area contributed by atoms with Crippen molar-refractivity contribution < 1.29 is 9.84 Å². The van der Waals surface area contributed by atoms with Crippen LogP contribution in [0.15, 0.2) is 6.20 Å². The topological polar surface area (TPSA) is 42.4 Å². The number of rotatable bonds is 1. The summed E-state index contributed by atoms with van der Waals surface area (Å²) in [7, 11) is 0. The van der Waals surface area contributed by atoms with Gasteiger partial charge < -0.3 is 9.84 Å². The molecule has 0 saturated carbocycles. The van der Waals surface area contributed by atoms with Gasteiger partial charge in [-0.3, -0.25) is 0 Å². The first-order chi connectivity index (χ1) is 6.21. The number of aliphatic hydroxyl groups is 1. The minimum atomic E-state index is -0.676. The van der Waals surface area contributed by atoms with Crippen molar-refractivity contribution >= 4 is 11.3 Å². The van der Waals surface area contributed by atoms with Gasteiger partial charge in [-0.1, -0.05) is 0 Å². The summed E-state index contributed by atoms with van der Waals surface area (Å²) < 4.78 is 5.22. The van der Waals surface area contributed by atoms with Gasteiger partial charge >= 0.3 is 0 Å². The molecule has 2 rings (SSSR count). The van der Waals surface area contributed by atoms with E-state index in [2.05, 4.69) is 4.98 Å². The summed E-state index contributed by atoms with van der Waals surface area (Å²) in [5, 5.41) is 11.3. The Hall–Kier alpha value is -0.450. The number of hydrogen-bond acceptors (Lipinski definition) is 4. The van der Waals surface area contributed by atoms with Crippen molar-refractivity contribution in [2.45, 2.75) is 25.4 Å². The quantitative estimate of drug-likeness (QED) is 0.744. The van der Waals surface area contributed by atoms with Gasteiger partial charge in [0.2, 0.25) is 0 Å². The van der Waals surface area contributed by atoms with Crippen LogP contribution in [-0.4, -0.2) is 23.3 Å². The van der Waals surface area contributed by atoms with E-state index in [1.807, 2.05) is 6.92 Å². The molecule has 0 aliphatic carbocycles. The molecule has 1 aromatic heterocycles. The fraction of sp³-hybridized carbons (Fsp3) is 0.667. The number of thiazole rings is 1. The molecule has 72 valence electrons. The highest BCUT2D eigenvalue weighted by Crippen LogP contribution is 2.34. The Balaban J connectivity index is 2.22. The summed E-state index contributed by atoms with van der Waals surface area (Å²) in [6, 6.07) is 0. The summed E-state index contributed by atoms with van der Waals surface area (Å²) in [6.07, 6.45) is 3.16. The molecular weight excluding hydrogens is 186 g/mol. The van der Waals surface area contributed by atoms with E-state index < -0.39 is 5.60 Å². The van der Waals surface area contributed by atoms with Crippen LogP contribution in [0.25, 0.3) is 0 Å². The molecule has 0 amide bonds. The first kappa shape index (κ1) is 9.12. The third kappa shape index (κ3) is 1.75. The van der Waals surface area contributed by atoms with Gasteiger partial charge in [0, 0.05) is 32.3 Å². The lowest BCUT2D eigenvalue weighted by molar-refractivity contribution is -0.0657. The maximum absolute atomic E-state index is 10.2. The number of aromatic nitrogens is 1. The van der Waals surface area contributed by atoms with Crippen LogP contribution in [0, 0.1) is 6.92 Å². The van der Waals surface area contributed by atoms with Crippen LogP contribution >= 0.6 is 11.3 Å². The SMILES string of the molecule is Cc1ncc(C2(O)CCOCC2)s1. The van der Waals surface area contributed by atoms with Gasteiger partial charge in [0.15, 0.2) is 0 Å². The molecule has 0 aromatic carbocycles. The van der Waals surface area contributed by atoms with E-state index in [0.29, 0.717) is 26.1 Å². The zero-order valence-electron chi connectivity index (χ0n) is 7.62. The summed E-state index contributed by atoms with van der Waals surface area (Å²) in [5.74, 6) is 0. The Bertz CT molecular complexity index is 292. The maximum atomic E-state index is 10.2. The Morgan fingerprint density at radius 2 is 2.23 bits per heavy atom. The number of aryl methyl sites for hydroxylation is 1. The lowest BCUT2D eigenvalue weighted by Gasteiger charge is -2.30. The zero-order chi connectivity index (χ0) is 9.31. The summed E-state index contributed by atoms with van der Waals surface area (Å²) in [4.78, 5) is 5.13. The second kappa shape index (κ2) is 3.36. The largest absolute Gasteiger partial charge is 0.384 e. The third-order valence-electron chi connectivity index (χ3n) is 2.40. The van der Waals surface area contributed by atoms with Gasteiger partial charge in [-0.05, 0) is 6.92 Å². The smallest absolute Gasteiger partial charge is 0.105 e. The van der Waals surface area contributed by atoms with Gasteiger partial charge in [0.05, 0.1) is 9.88 Å². The molecule has 0 atom stereocenters. The summed E-state index contributed by atoms with van der Waals surface area (Å²) >= 11 is 1.58. The fourth-order valence-electron chi connectivity index (χ4n) is 1.53. The fourth-order valence-corrected chi connectivity index (χ4v) is 2.46. The highest BCUT2D eigenvalue weighted by molar-refractivity contribution is 7.11. The molecule has 1 N–H and O–H groups in total. The molecule has 2 heterocycles. The number of ether oxygens (including phenoxy) is 1. The molecule has 1 aliphatic heterocycles. The lowest BCUT2D eigenvalue weighted by atomic mass is 9.93. The molecule has 0 bridgehead atoms. The predicted molar refractivity (Wildman–Crippen MR) is 50.8 cm³/mol.